The summed E-state index contributed by atoms with van der Waals surface area (Å²) in [6.45, 7) is 0. The lowest BCUT2D eigenvalue weighted by Gasteiger charge is -2.55. The fraction of sp³-hybridized carbons (Fsp3) is 0.833. The van der Waals surface area contributed by atoms with Gasteiger partial charge in [-0.2, -0.15) is 0 Å². The molecule has 4 saturated carbocycles. The third-order valence-electron chi connectivity index (χ3n) is 4.77. The summed E-state index contributed by atoms with van der Waals surface area (Å²) in [6.07, 6.45) is 11.6. The molecule has 4 aliphatic carbocycles. The van der Waals surface area contributed by atoms with E-state index in [0.29, 0.717) is 11.8 Å². The minimum atomic E-state index is -0.618. The van der Waals surface area contributed by atoms with Gasteiger partial charge in [0.2, 0.25) is 0 Å². The molecule has 0 atom stereocenters. The number of rotatable bonds is 1. The molecule has 4 fully saturated rings. The van der Waals surface area contributed by atoms with Gasteiger partial charge in [0.15, 0.2) is 5.54 Å². The van der Waals surface area contributed by atoms with E-state index in [-0.39, 0.29) is 0 Å². The molecule has 0 amide bonds. The zero-order chi connectivity index (χ0) is 9.76. The molecular weight excluding hydrogens is 174 g/mol. The molecule has 0 aromatic carbocycles. The maximum Gasteiger partial charge on any atom is 0.168 e. The minimum absolute atomic E-state index is 0.404. The Kier molecular flexibility index (Phi) is 1.57. The summed E-state index contributed by atoms with van der Waals surface area (Å²) < 4.78 is 0. The van der Waals surface area contributed by atoms with Crippen molar-refractivity contribution in [3.05, 3.63) is 4.91 Å². The van der Waals surface area contributed by atoms with Crippen LogP contribution in [0.25, 0.3) is 0 Å². The van der Waals surface area contributed by atoms with Gasteiger partial charge >= 0.3 is 0 Å². The average molecular weight is 189 g/mol. The van der Waals surface area contributed by atoms with Gasteiger partial charge < -0.3 is 0 Å². The van der Waals surface area contributed by atoms with Crippen molar-refractivity contribution in [2.75, 3.05) is 0 Å². The van der Waals surface area contributed by atoms with Crippen LogP contribution in [0.3, 0.4) is 0 Å². The van der Waals surface area contributed by atoms with Gasteiger partial charge in [0, 0.05) is 0 Å². The molecule has 0 aliphatic heterocycles. The van der Waals surface area contributed by atoms with Crippen molar-refractivity contribution in [2.45, 2.75) is 37.6 Å². The maximum atomic E-state index is 11.1. The molecule has 74 valence electrons. The number of hydrogen-bond acceptors (Lipinski definition) is 2. The first-order chi connectivity index (χ1) is 6.78. The van der Waals surface area contributed by atoms with E-state index in [9.17, 15) is 4.91 Å². The minimum Gasteiger partial charge on any atom is -0.149 e. The standard InChI is InChI=1S/C12H15NO/c1-2-12(13-14)10-4-8-3-9(6-10)7-11(12)5-8/h1,8-11H,3-7H2. The zero-order valence-corrected chi connectivity index (χ0v) is 8.28. The van der Waals surface area contributed by atoms with Gasteiger partial charge in [-0.1, -0.05) is 5.92 Å². The van der Waals surface area contributed by atoms with Crippen LogP contribution in [0.15, 0.2) is 5.18 Å². The van der Waals surface area contributed by atoms with Crippen LogP contribution in [0.1, 0.15) is 32.1 Å². The SMILES string of the molecule is C#CC1(N=O)C2CC3CC(C2)CC1C3. The molecule has 0 aromatic rings. The Hall–Kier alpha value is -0.840. The Labute approximate surface area is 84.4 Å². The number of nitroso groups, excluding NO2 is 1. The summed E-state index contributed by atoms with van der Waals surface area (Å²) in [6, 6.07) is 0. The Bertz CT molecular complexity index is 287. The van der Waals surface area contributed by atoms with Crippen molar-refractivity contribution in [2.24, 2.45) is 28.8 Å². The van der Waals surface area contributed by atoms with Crippen molar-refractivity contribution in [3.8, 4) is 12.3 Å². The third kappa shape index (κ3) is 0.834. The van der Waals surface area contributed by atoms with Gasteiger partial charge in [-0.3, -0.25) is 0 Å². The molecule has 14 heavy (non-hydrogen) atoms. The summed E-state index contributed by atoms with van der Waals surface area (Å²) in [7, 11) is 0. The van der Waals surface area contributed by atoms with Crippen LogP contribution in [-0.2, 0) is 0 Å². The molecule has 0 saturated heterocycles. The van der Waals surface area contributed by atoms with E-state index in [4.69, 9.17) is 6.42 Å². The molecule has 4 bridgehead atoms. The summed E-state index contributed by atoms with van der Waals surface area (Å²) >= 11 is 0. The highest BCUT2D eigenvalue weighted by atomic mass is 16.3. The number of nitrogens with zero attached hydrogens (tertiary/aromatic N) is 1. The second kappa shape index (κ2) is 2.59. The molecule has 4 rings (SSSR count). The molecule has 0 unspecified atom stereocenters. The Morgan fingerprint density at radius 2 is 1.57 bits per heavy atom. The van der Waals surface area contributed by atoms with Gasteiger partial charge in [-0.05, 0) is 61.0 Å². The smallest absolute Gasteiger partial charge is 0.149 e. The predicted molar refractivity (Wildman–Crippen MR) is 54.4 cm³/mol. The van der Waals surface area contributed by atoms with E-state index < -0.39 is 5.54 Å². The van der Waals surface area contributed by atoms with Crippen LogP contribution in [0.5, 0.6) is 0 Å². The van der Waals surface area contributed by atoms with Gasteiger partial charge in [0.05, 0.1) is 0 Å². The van der Waals surface area contributed by atoms with E-state index in [2.05, 4.69) is 11.1 Å². The molecule has 4 aliphatic rings. The van der Waals surface area contributed by atoms with Crippen LogP contribution in [0, 0.1) is 40.9 Å². The third-order valence-corrected chi connectivity index (χ3v) is 4.77. The zero-order valence-electron chi connectivity index (χ0n) is 8.28. The summed E-state index contributed by atoms with van der Waals surface area (Å²) in [5.74, 6) is 5.23. The van der Waals surface area contributed by atoms with E-state index in [1.165, 1.54) is 6.42 Å². The molecular formula is C12H15NO. The first kappa shape index (κ1) is 8.47. The fourth-order valence-electron chi connectivity index (χ4n) is 4.31. The summed E-state index contributed by atoms with van der Waals surface area (Å²) in [4.78, 5) is 11.1. The van der Waals surface area contributed by atoms with E-state index >= 15 is 0 Å². The monoisotopic (exact) mass is 189 g/mol. The Morgan fingerprint density at radius 3 is 1.93 bits per heavy atom. The van der Waals surface area contributed by atoms with Gasteiger partial charge in [0.1, 0.15) is 0 Å². The van der Waals surface area contributed by atoms with Gasteiger partial charge in [0.25, 0.3) is 0 Å². The largest absolute Gasteiger partial charge is 0.168 e. The Morgan fingerprint density at radius 1 is 1.07 bits per heavy atom. The highest BCUT2D eigenvalue weighted by Crippen LogP contribution is 2.59. The maximum absolute atomic E-state index is 11.1. The topological polar surface area (TPSA) is 29.4 Å². The lowest BCUT2D eigenvalue weighted by atomic mass is 9.49. The van der Waals surface area contributed by atoms with Crippen molar-refractivity contribution < 1.29 is 0 Å². The fourth-order valence-corrected chi connectivity index (χ4v) is 4.31. The van der Waals surface area contributed by atoms with Crippen molar-refractivity contribution >= 4 is 0 Å². The molecule has 2 nitrogen and oxygen atoms in total. The van der Waals surface area contributed by atoms with Crippen LogP contribution >= 0.6 is 0 Å². The second-order valence-corrected chi connectivity index (χ2v) is 5.37. The molecule has 0 radical (unpaired) electrons. The van der Waals surface area contributed by atoms with Gasteiger partial charge in [-0.15, -0.1) is 11.3 Å². The van der Waals surface area contributed by atoms with Crippen LogP contribution in [0.2, 0.25) is 0 Å². The summed E-state index contributed by atoms with van der Waals surface area (Å²) in [5.41, 5.74) is -0.618. The second-order valence-electron chi connectivity index (χ2n) is 5.37. The predicted octanol–water partition coefficient (Wildman–Crippen LogP) is 2.58. The van der Waals surface area contributed by atoms with Crippen LogP contribution in [-0.4, -0.2) is 5.54 Å². The summed E-state index contributed by atoms with van der Waals surface area (Å²) in [5, 5.41) is 3.35. The van der Waals surface area contributed by atoms with Gasteiger partial charge in [-0.25, -0.2) is 0 Å². The highest BCUT2D eigenvalue weighted by molar-refractivity contribution is 5.24. The quantitative estimate of drug-likeness (QED) is 0.460. The van der Waals surface area contributed by atoms with Crippen molar-refractivity contribution in [1.82, 2.24) is 0 Å². The number of terminal acetylenes is 1. The van der Waals surface area contributed by atoms with Crippen molar-refractivity contribution in [3.63, 3.8) is 0 Å². The van der Waals surface area contributed by atoms with E-state index in [1.54, 1.807) is 0 Å². The van der Waals surface area contributed by atoms with E-state index in [0.717, 1.165) is 37.5 Å². The lowest BCUT2D eigenvalue weighted by molar-refractivity contribution is -0.0283. The van der Waals surface area contributed by atoms with Crippen LogP contribution < -0.4 is 0 Å². The molecule has 2 heteroatoms. The normalized spacial score (nSPS) is 54.2. The number of hydrogen-bond donors (Lipinski definition) is 0. The first-order valence-electron chi connectivity index (χ1n) is 5.60. The average Bonchev–Trinajstić information content (AvgIpc) is 2.18. The lowest BCUT2D eigenvalue weighted by Crippen LogP contribution is -2.55. The first-order valence-corrected chi connectivity index (χ1v) is 5.60. The Balaban J connectivity index is 2.02. The molecule has 0 N–H and O–H groups in total. The van der Waals surface area contributed by atoms with Crippen molar-refractivity contribution in [1.29, 1.82) is 0 Å². The molecule has 0 heterocycles. The highest BCUT2D eigenvalue weighted by Gasteiger charge is 2.58. The van der Waals surface area contributed by atoms with Crippen LogP contribution in [0.4, 0.5) is 0 Å². The van der Waals surface area contributed by atoms with E-state index in [1.807, 2.05) is 0 Å². The molecule has 0 aromatic heterocycles. The molecule has 0 spiro atoms.